The first kappa shape index (κ1) is 15.7. The average Bonchev–Trinajstić information content (AvgIpc) is 3.00. The largest absolute Gasteiger partial charge is 0.365 e. The van der Waals surface area contributed by atoms with Gasteiger partial charge in [-0.3, -0.25) is 10.1 Å². The van der Waals surface area contributed by atoms with E-state index in [0.29, 0.717) is 16.8 Å². The van der Waals surface area contributed by atoms with E-state index in [-0.39, 0.29) is 5.69 Å². The molecule has 1 aliphatic rings. The van der Waals surface area contributed by atoms with Crippen LogP contribution in [0.2, 0.25) is 0 Å². The molecule has 0 spiro atoms. The zero-order chi connectivity index (χ0) is 18.1. The van der Waals surface area contributed by atoms with Gasteiger partial charge in [0.2, 0.25) is 0 Å². The summed E-state index contributed by atoms with van der Waals surface area (Å²) in [7, 11) is 0. The molecule has 6 heteroatoms. The van der Waals surface area contributed by atoms with Crippen molar-refractivity contribution in [2.24, 2.45) is 5.16 Å². The Morgan fingerprint density at radius 3 is 2.23 bits per heavy atom. The minimum absolute atomic E-state index is 0.0429. The third-order valence-corrected chi connectivity index (χ3v) is 4.17. The normalized spacial score (nSPS) is 13.2. The maximum Gasteiger partial charge on any atom is 0.365 e. The van der Waals surface area contributed by atoms with Crippen LogP contribution in [0.1, 0.15) is 21.5 Å². The molecule has 0 heterocycles. The van der Waals surface area contributed by atoms with E-state index in [4.69, 9.17) is 4.84 Å². The number of hydrogen-bond donors (Lipinski definition) is 0. The van der Waals surface area contributed by atoms with Crippen LogP contribution in [0.25, 0.3) is 11.1 Å². The highest BCUT2D eigenvalue weighted by molar-refractivity contribution is 6.24. The molecule has 3 aromatic rings. The summed E-state index contributed by atoms with van der Waals surface area (Å²) in [5.74, 6) is -0.588. The zero-order valence-corrected chi connectivity index (χ0v) is 13.5. The maximum atomic E-state index is 12.2. The Kier molecular flexibility index (Phi) is 3.78. The number of nitrogens with zero attached hydrogens (tertiary/aromatic N) is 2. The molecule has 0 saturated carbocycles. The Labute approximate surface area is 148 Å². The van der Waals surface area contributed by atoms with E-state index in [9.17, 15) is 14.9 Å². The predicted octanol–water partition coefficient (Wildman–Crippen LogP) is 4.18. The van der Waals surface area contributed by atoms with Crippen molar-refractivity contribution in [3.05, 3.63) is 99.6 Å². The monoisotopic (exact) mass is 344 g/mol. The highest BCUT2D eigenvalue weighted by Crippen LogP contribution is 2.38. The van der Waals surface area contributed by atoms with Crippen LogP contribution in [0, 0.1) is 10.1 Å². The third-order valence-electron chi connectivity index (χ3n) is 4.17. The molecule has 4 rings (SSSR count). The molecule has 0 unspecified atom stereocenters. The summed E-state index contributed by atoms with van der Waals surface area (Å²) in [4.78, 5) is 27.9. The van der Waals surface area contributed by atoms with Gasteiger partial charge in [-0.2, -0.15) is 0 Å². The molecule has 0 amide bonds. The van der Waals surface area contributed by atoms with Crippen LogP contribution >= 0.6 is 0 Å². The molecular formula is C20H12N2O4. The first-order valence-corrected chi connectivity index (χ1v) is 7.88. The number of benzene rings is 3. The van der Waals surface area contributed by atoms with Gasteiger partial charge in [0.15, 0.2) is 0 Å². The van der Waals surface area contributed by atoms with Crippen LogP contribution < -0.4 is 0 Å². The van der Waals surface area contributed by atoms with Crippen LogP contribution in [0.4, 0.5) is 5.69 Å². The molecule has 26 heavy (non-hydrogen) atoms. The summed E-state index contributed by atoms with van der Waals surface area (Å²) in [5.41, 5.74) is 3.79. The fourth-order valence-electron chi connectivity index (χ4n) is 2.96. The second-order valence-electron chi connectivity index (χ2n) is 5.72. The number of oxime groups is 1. The Morgan fingerprint density at radius 2 is 1.50 bits per heavy atom. The Hall–Kier alpha value is -3.80. The molecule has 0 atom stereocenters. The van der Waals surface area contributed by atoms with Crippen LogP contribution in [0.5, 0.6) is 0 Å². The molecule has 0 bridgehead atoms. The number of fused-ring (bicyclic) bond motifs is 3. The molecule has 0 radical (unpaired) electrons. The van der Waals surface area contributed by atoms with Crippen molar-refractivity contribution in [2.45, 2.75) is 0 Å². The molecule has 0 fully saturated rings. The standard InChI is InChI=1S/C20H12N2O4/c23-20(13-6-2-1-3-7-13)26-21-19-17-9-5-4-8-15(17)16-11-10-14(22(24)25)12-18(16)19/h1-12H/b21-19-. The summed E-state index contributed by atoms with van der Waals surface area (Å²) in [6.07, 6.45) is 0. The van der Waals surface area contributed by atoms with E-state index in [0.717, 1.165) is 16.7 Å². The van der Waals surface area contributed by atoms with Gasteiger partial charge in [0.25, 0.3) is 5.69 Å². The number of carbonyl (C=O) groups is 1. The Bertz CT molecular complexity index is 1060. The average molecular weight is 344 g/mol. The molecule has 0 saturated heterocycles. The van der Waals surface area contributed by atoms with E-state index in [1.807, 2.05) is 24.3 Å². The van der Waals surface area contributed by atoms with Crippen molar-refractivity contribution >= 4 is 17.4 Å². The molecule has 0 aromatic heterocycles. The second-order valence-corrected chi connectivity index (χ2v) is 5.72. The molecule has 6 nitrogen and oxygen atoms in total. The second kappa shape index (κ2) is 6.25. The van der Waals surface area contributed by atoms with Crippen LogP contribution in [-0.4, -0.2) is 16.6 Å². The fraction of sp³-hybridized carbons (Fsp3) is 0. The van der Waals surface area contributed by atoms with Gasteiger partial charge in [-0.15, -0.1) is 0 Å². The van der Waals surface area contributed by atoms with E-state index in [1.54, 1.807) is 36.4 Å². The summed E-state index contributed by atoms with van der Waals surface area (Å²) < 4.78 is 0. The van der Waals surface area contributed by atoms with Crippen LogP contribution in [0.15, 0.2) is 78.0 Å². The van der Waals surface area contributed by atoms with Gasteiger partial charge >= 0.3 is 5.97 Å². The van der Waals surface area contributed by atoms with Gasteiger partial charge in [0, 0.05) is 23.3 Å². The minimum atomic E-state index is -0.588. The molecular weight excluding hydrogens is 332 g/mol. The smallest absolute Gasteiger partial charge is 0.312 e. The number of hydrogen-bond acceptors (Lipinski definition) is 5. The summed E-state index contributed by atoms with van der Waals surface area (Å²) in [6.45, 7) is 0. The topological polar surface area (TPSA) is 81.8 Å². The van der Waals surface area contributed by atoms with Gasteiger partial charge in [0.05, 0.1) is 10.5 Å². The fourth-order valence-corrected chi connectivity index (χ4v) is 2.96. The Balaban J connectivity index is 1.77. The number of rotatable bonds is 3. The summed E-state index contributed by atoms with van der Waals surface area (Å²) in [6, 6.07) is 20.6. The molecule has 0 N–H and O–H groups in total. The SMILES string of the molecule is O=C(O/N=C1/c2ccccc2-c2ccc([N+](=O)[O-])cc21)c1ccccc1. The number of non-ortho nitro benzene ring substituents is 1. The molecule has 3 aromatic carbocycles. The van der Waals surface area contributed by atoms with Crippen LogP contribution in [-0.2, 0) is 4.84 Å². The third kappa shape index (κ3) is 2.63. The molecule has 0 aliphatic heterocycles. The first-order chi connectivity index (χ1) is 12.6. The van der Waals surface area contributed by atoms with Gasteiger partial charge in [-0.1, -0.05) is 47.6 Å². The van der Waals surface area contributed by atoms with Crippen LogP contribution in [0.3, 0.4) is 0 Å². The van der Waals surface area contributed by atoms with E-state index in [2.05, 4.69) is 5.16 Å². The Morgan fingerprint density at radius 1 is 0.846 bits per heavy atom. The van der Waals surface area contributed by atoms with Crippen molar-refractivity contribution in [3.8, 4) is 11.1 Å². The highest BCUT2D eigenvalue weighted by atomic mass is 16.7. The van der Waals surface area contributed by atoms with E-state index < -0.39 is 10.9 Å². The first-order valence-electron chi connectivity index (χ1n) is 7.88. The number of nitro groups is 1. The van der Waals surface area contributed by atoms with Crippen molar-refractivity contribution in [1.29, 1.82) is 0 Å². The quantitative estimate of drug-likeness (QED) is 0.317. The molecule has 126 valence electrons. The van der Waals surface area contributed by atoms with Gasteiger partial charge in [0.1, 0.15) is 5.71 Å². The molecule has 1 aliphatic carbocycles. The lowest BCUT2D eigenvalue weighted by atomic mass is 10.1. The van der Waals surface area contributed by atoms with E-state index >= 15 is 0 Å². The van der Waals surface area contributed by atoms with E-state index in [1.165, 1.54) is 12.1 Å². The number of carbonyl (C=O) groups excluding carboxylic acids is 1. The zero-order valence-electron chi connectivity index (χ0n) is 13.5. The lowest BCUT2D eigenvalue weighted by Gasteiger charge is -2.02. The minimum Gasteiger partial charge on any atom is -0.312 e. The lowest BCUT2D eigenvalue weighted by Crippen LogP contribution is -2.05. The highest BCUT2D eigenvalue weighted by Gasteiger charge is 2.27. The number of nitro benzene ring substituents is 1. The van der Waals surface area contributed by atoms with Crippen molar-refractivity contribution < 1.29 is 14.6 Å². The summed E-state index contributed by atoms with van der Waals surface area (Å²) >= 11 is 0. The predicted molar refractivity (Wildman–Crippen MR) is 96.0 cm³/mol. The van der Waals surface area contributed by atoms with Gasteiger partial charge in [-0.25, -0.2) is 4.79 Å². The van der Waals surface area contributed by atoms with Gasteiger partial charge in [-0.05, 0) is 29.3 Å². The van der Waals surface area contributed by atoms with Crippen molar-refractivity contribution in [3.63, 3.8) is 0 Å². The maximum absolute atomic E-state index is 12.2. The van der Waals surface area contributed by atoms with Crippen molar-refractivity contribution in [2.75, 3.05) is 0 Å². The van der Waals surface area contributed by atoms with Gasteiger partial charge < -0.3 is 4.84 Å². The summed E-state index contributed by atoms with van der Waals surface area (Å²) in [5, 5.41) is 15.1. The lowest BCUT2D eigenvalue weighted by molar-refractivity contribution is -0.384. The van der Waals surface area contributed by atoms with Crippen molar-refractivity contribution in [1.82, 2.24) is 0 Å².